The van der Waals surface area contributed by atoms with Crippen LogP contribution in [0.4, 0.5) is 5.82 Å². The number of aromatic nitrogens is 1. The zero-order valence-corrected chi connectivity index (χ0v) is 11.7. The number of pyridine rings is 1. The highest BCUT2D eigenvalue weighted by Gasteiger charge is 2.08. The maximum atomic E-state index is 6.17. The third kappa shape index (κ3) is 4.52. The predicted octanol–water partition coefficient (Wildman–Crippen LogP) is 3.40. The van der Waals surface area contributed by atoms with Crippen molar-refractivity contribution < 1.29 is 0 Å². The van der Waals surface area contributed by atoms with E-state index in [0.29, 0.717) is 0 Å². The lowest BCUT2D eigenvalue weighted by Gasteiger charge is -2.20. The number of nitrogens with zero attached hydrogens (tertiary/aromatic N) is 2. The molecule has 1 rings (SSSR count). The Morgan fingerprint density at radius 2 is 2.12 bits per heavy atom. The molecule has 96 valence electrons. The standard InChI is InChI=1S/C13H22ClN3/c1-4-6-9-17(5-2)10-12-11(14)7-8-13(15-3)16-12/h7-8H,4-6,9-10H2,1-3H3,(H,15,16). The Morgan fingerprint density at radius 3 is 2.71 bits per heavy atom. The zero-order valence-electron chi connectivity index (χ0n) is 11.0. The molecule has 0 amide bonds. The molecule has 0 atom stereocenters. The average Bonchev–Trinajstić information content (AvgIpc) is 2.36. The van der Waals surface area contributed by atoms with Crippen molar-refractivity contribution in [2.45, 2.75) is 33.2 Å². The van der Waals surface area contributed by atoms with Crippen LogP contribution < -0.4 is 5.32 Å². The molecule has 0 radical (unpaired) electrons. The molecule has 1 aromatic heterocycles. The summed E-state index contributed by atoms with van der Waals surface area (Å²) in [5.74, 6) is 0.871. The van der Waals surface area contributed by atoms with E-state index >= 15 is 0 Å². The Kier molecular flexibility index (Phi) is 6.30. The third-order valence-electron chi connectivity index (χ3n) is 2.82. The molecule has 0 fully saturated rings. The summed E-state index contributed by atoms with van der Waals surface area (Å²) in [7, 11) is 1.87. The second-order valence-corrected chi connectivity index (χ2v) is 4.50. The highest BCUT2D eigenvalue weighted by atomic mass is 35.5. The fourth-order valence-corrected chi connectivity index (χ4v) is 1.84. The van der Waals surface area contributed by atoms with Gasteiger partial charge in [-0.1, -0.05) is 31.9 Å². The zero-order chi connectivity index (χ0) is 12.7. The molecule has 0 bridgehead atoms. The first kappa shape index (κ1) is 14.3. The molecule has 0 aliphatic carbocycles. The van der Waals surface area contributed by atoms with Gasteiger partial charge in [0.1, 0.15) is 5.82 Å². The van der Waals surface area contributed by atoms with Gasteiger partial charge in [-0.05, 0) is 31.6 Å². The van der Waals surface area contributed by atoms with Gasteiger partial charge in [0.05, 0.1) is 10.7 Å². The lowest BCUT2D eigenvalue weighted by Crippen LogP contribution is -2.24. The smallest absolute Gasteiger partial charge is 0.126 e. The topological polar surface area (TPSA) is 28.2 Å². The van der Waals surface area contributed by atoms with Crippen molar-refractivity contribution in [3.05, 3.63) is 22.8 Å². The van der Waals surface area contributed by atoms with Crippen LogP contribution in [0.2, 0.25) is 5.02 Å². The molecule has 1 aromatic rings. The van der Waals surface area contributed by atoms with Crippen molar-refractivity contribution >= 4 is 17.4 Å². The summed E-state index contributed by atoms with van der Waals surface area (Å²) in [6.07, 6.45) is 2.44. The quantitative estimate of drug-likeness (QED) is 0.810. The Hall–Kier alpha value is -0.800. The number of hydrogen-bond donors (Lipinski definition) is 1. The number of anilines is 1. The molecule has 3 nitrogen and oxygen atoms in total. The predicted molar refractivity (Wildman–Crippen MR) is 74.7 cm³/mol. The van der Waals surface area contributed by atoms with Gasteiger partial charge in [0, 0.05) is 13.6 Å². The van der Waals surface area contributed by atoms with Crippen LogP contribution in [0.1, 0.15) is 32.4 Å². The van der Waals surface area contributed by atoms with E-state index in [9.17, 15) is 0 Å². The Balaban J connectivity index is 2.70. The van der Waals surface area contributed by atoms with Crippen LogP contribution in [-0.2, 0) is 6.54 Å². The van der Waals surface area contributed by atoms with Crippen molar-refractivity contribution in [3.8, 4) is 0 Å². The number of rotatable bonds is 7. The summed E-state index contributed by atoms with van der Waals surface area (Å²) in [5, 5.41) is 3.79. The van der Waals surface area contributed by atoms with Crippen LogP contribution in [0.3, 0.4) is 0 Å². The molecule has 4 heteroatoms. The number of halogens is 1. The van der Waals surface area contributed by atoms with Crippen LogP contribution in [0.25, 0.3) is 0 Å². The molecule has 0 aromatic carbocycles. The van der Waals surface area contributed by atoms with E-state index < -0.39 is 0 Å². The Labute approximate surface area is 109 Å². The SMILES string of the molecule is CCCCN(CC)Cc1nc(NC)ccc1Cl. The van der Waals surface area contributed by atoms with Gasteiger partial charge in [-0.15, -0.1) is 0 Å². The van der Waals surface area contributed by atoms with E-state index in [4.69, 9.17) is 11.6 Å². The summed E-state index contributed by atoms with van der Waals surface area (Å²) < 4.78 is 0. The Morgan fingerprint density at radius 1 is 1.35 bits per heavy atom. The molecule has 1 heterocycles. The number of unbranched alkanes of at least 4 members (excludes halogenated alkanes) is 1. The van der Waals surface area contributed by atoms with E-state index in [1.165, 1.54) is 12.8 Å². The van der Waals surface area contributed by atoms with Crippen LogP contribution in [0, 0.1) is 0 Å². The van der Waals surface area contributed by atoms with Gasteiger partial charge in [0.15, 0.2) is 0 Å². The molecule has 0 saturated carbocycles. The van der Waals surface area contributed by atoms with Gasteiger partial charge in [0.2, 0.25) is 0 Å². The molecule has 0 saturated heterocycles. The highest BCUT2D eigenvalue weighted by Crippen LogP contribution is 2.18. The maximum absolute atomic E-state index is 6.17. The second kappa shape index (κ2) is 7.51. The molecular formula is C13H22ClN3. The first-order valence-electron chi connectivity index (χ1n) is 6.26. The molecule has 0 aliphatic rings. The molecule has 0 spiro atoms. The monoisotopic (exact) mass is 255 g/mol. The van der Waals surface area contributed by atoms with Gasteiger partial charge in [0.25, 0.3) is 0 Å². The van der Waals surface area contributed by atoms with Crippen molar-refractivity contribution in [3.63, 3.8) is 0 Å². The van der Waals surface area contributed by atoms with Gasteiger partial charge in [-0.3, -0.25) is 4.90 Å². The molecular weight excluding hydrogens is 234 g/mol. The van der Waals surface area contributed by atoms with Crippen LogP contribution in [-0.4, -0.2) is 30.0 Å². The van der Waals surface area contributed by atoms with Gasteiger partial charge >= 0.3 is 0 Å². The fraction of sp³-hybridized carbons (Fsp3) is 0.615. The normalized spacial score (nSPS) is 10.9. The minimum Gasteiger partial charge on any atom is -0.373 e. The number of hydrogen-bond acceptors (Lipinski definition) is 3. The minimum absolute atomic E-state index is 0.749. The summed E-state index contributed by atoms with van der Waals surface area (Å²) >= 11 is 6.17. The minimum atomic E-state index is 0.749. The first-order chi connectivity index (χ1) is 8.21. The summed E-state index contributed by atoms with van der Waals surface area (Å²) in [6, 6.07) is 3.80. The molecule has 1 N–H and O–H groups in total. The van der Waals surface area contributed by atoms with E-state index in [-0.39, 0.29) is 0 Å². The van der Waals surface area contributed by atoms with Crippen molar-refractivity contribution in [2.24, 2.45) is 0 Å². The lowest BCUT2D eigenvalue weighted by molar-refractivity contribution is 0.272. The van der Waals surface area contributed by atoms with Gasteiger partial charge in [-0.25, -0.2) is 4.98 Å². The van der Waals surface area contributed by atoms with Crippen molar-refractivity contribution in [1.82, 2.24) is 9.88 Å². The van der Waals surface area contributed by atoms with Crippen molar-refractivity contribution in [1.29, 1.82) is 0 Å². The van der Waals surface area contributed by atoms with Crippen LogP contribution in [0.15, 0.2) is 12.1 Å². The Bertz CT molecular complexity index is 341. The summed E-state index contributed by atoms with van der Waals surface area (Å²) in [4.78, 5) is 6.87. The maximum Gasteiger partial charge on any atom is 0.126 e. The summed E-state index contributed by atoms with van der Waals surface area (Å²) in [6.45, 7) is 7.34. The second-order valence-electron chi connectivity index (χ2n) is 4.10. The van der Waals surface area contributed by atoms with Crippen LogP contribution in [0.5, 0.6) is 0 Å². The van der Waals surface area contributed by atoms with E-state index in [1.54, 1.807) is 0 Å². The largest absolute Gasteiger partial charge is 0.373 e. The molecule has 17 heavy (non-hydrogen) atoms. The summed E-state index contributed by atoms with van der Waals surface area (Å²) in [5.41, 5.74) is 0.955. The number of nitrogens with one attached hydrogen (secondary N) is 1. The van der Waals surface area contributed by atoms with E-state index in [1.807, 2.05) is 19.2 Å². The lowest BCUT2D eigenvalue weighted by atomic mass is 10.2. The van der Waals surface area contributed by atoms with E-state index in [2.05, 4.69) is 29.0 Å². The molecule has 0 aliphatic heterocycles. The average molecular weight is 256 g/mol. The fourth-order valence-electron chi connectivity index (χ4n) is 1.68. The van der Waals surface area contributed by atoms with Crippen molar-refractivity contribution in [2.75, 3.05) is 25.5 Å². The first-order valence-corrected chi connectivity index (χ1v) is 6.64. The van der Waals surface area contributed by atoms with E-state index in [0.717, 1.165) is 36.2 Å². The van der Waals surface area contributed by atoms with Gasteiger partial charge < -0.3 is 5.32 Å². The highest BCUT2D eigenvalue weighted by molar-refractivity contribution is 6.31. The van der Waals surface area contributed by atoms with Crippen LogP contribution >= 0.6 is 11.6 Å². The molecule has 0 unspecified atom stereocenters. The third-order valence-corrected chi connectivity index (χ3v) is 3.17. The van der Waals surface area contributed by atoms with Gasteiger partial charge in [-0.2, -0.15) is 0 Å².